The molecule has 0 aliphatic carbocycles. The Hall–Kier alpha value is -1.72. The number of amides is 1. The molecule has 22 heavy (non-hydrogen) atoms. The van der Waals surface area contributed by atoms with Crippen molar-refractivity contribution in [2.45, 2.75) is 26.4 Å². The predicted octanol–water partition coefficient (Wildman–Crippen LogP) is 3.50. The van der Waals surface area contributed by atoms with Crippen LogP contribution in [0.1, 0.15) is 29.0 Å². The fourth-order valence-corrected chi connectivity index (χ4v) is 2.96. The van der Waals surface area contributed by atoms with Crippen LogP contribution < -0.4 is 5.32 Å². The maximum Gasteiger partial charge on any atom is 0.234 e. The molecule has 0 spiro atoms. The van der Waals surface area contributed by atoms with Gasteiger partial charge in [-0.3, -0.25) is 9.69 Å². The molecule has 5 heteroatoms. The number of hydrogen-bond donors (Lipinski definition) is 1. The van der Waals surface area contributed by atoms with E-state index in [4.69, 9.17) is 0 Å². The van der Waals surface area contributed by atoms with E-state index in [1.54, 1.807) is 24.3 Å². The van der Waals surface area contributed by atoms with Crippen LogP contribution in [0.15, 0.2) is 35.7 Å². The molecule has 0 saturated carbocycles. The van der Waals surface area contributed by atoms with E-state index in [0.29, 0.717) is 18.7 Å². The van der Waals surface area contributed by atoms with Gasteiger partial charge in [0.2, 0.25) is 5.91 Å². The van der Waals surface area contributed by atoms with Crippen molar-refractivity contribution in [3.05, 3.63) is 57.5 Å². The van der Waals surface area contributed by atoms with Crippen molar-refractivity contribution >= 4 is 17.2 Å². The van der Waals surface area contributed by atoms with Gasteiger partial charge >= 0.3 is 0 Å². The molecule has 0 fully saturated rings. The average molecular weight is 320 g/mol. The Bertz CT molecular complexity index is 628. The molecule has 118 valence electrons. The first-order chi connectivity index (χ1) is 10.5. The molecule has 1 atom stereocenters. The summed E-state index contributed by atoms with van der Waals surface area (Å²) < 4.78 is 13.5. The van der Waals surface area contributed by atoms with Gasteiger partial charge in [-0.05, 0) is 49.5 Å². The molecule has 0 bridgehead atoms. The molecule has 1 N–H and O–H groups in total. The quantitative estimate of drug-likeness (QED) is 0.883. The second kappa shape index (κ2) is 7.51. The Morgan fingerprint density at radius 3 is 2.82 bits per heavy atom. The third-order valence-corrected chi connectivity index (χ3v) is 4.78. The van der Waals surface area contributed by atoms with Crippen LogP contribution in [0.3, 0.4) is 0 Å². The van der Waals surface area contributed by atoms with Crippen LogP contribution >= 0.6 is 11.3 Å². The molecule has 2 aromatic rings. The second-order valence-corrected chi connectivity index (χ2v) is 6.45. The summed E-state index contributed by atoms with van der Waals surface area (Å²) in [7, 11) is 1.93. The van der Waals surface area contributed by atoms with Crippen molar-refractivity contribution in [2.75, 3.05) is 13.6 Å². The molecule has 1 aromatic carbocycles. The number of halogens is 1. The van der Waals surface area contributed by atoms with Crippen molar-refractivity contribution in [3.8, 4) is 0 Å². The van der Waals surface area contributed by atoms with Crippen molar-refractivity contribution < 1.29 is 9.18 Å². The van der Waals surface area contributed by atoms with Crippen molar-refractivity contribution in [1.82, 2.24) is 10.2 Å². The fourth-order valence-electron chi connectivity index (χ4n) is 2.11. The minimum absolute atomic E-state index is 0.0631. The molecule has 3 nitrogen and oxygen atoms in total. The lowest BCUT2D eigenvalue weighted by Gasteiger charge is -2.23. The monoisotopic (exact) mass is 320 g/mol. The summed E-state index contributed by atoms with van der Waals surface area (Å²) in [5, 5.41) is 4.87. The number of rotatable bonds is 6. The highest BCUT2D eigenvalue weighted by atomic mass is 32.1. The number of carbonyl (C=O) groups excluding carboxylic acids is 1. The normalized spacial score (nSPS) is 12.4. The van der Waals surface area contributed by atoms with Gasteiger partial charge in [0.1, 0.15) is 5.82 Å². The third-order valence-electron chi connectivity index (χ3n) is 3.74. The minimum atomic E-state index is -0.241. The van der Waals surface area contributed by atoms with Gasteiger partial charge in [0.05, 0.1) is 6.54 Å². The highest BCUT2D eigenvalue weighted by Crippen LogP contribution is 2.22. The van der Waals surface area contributed by atoms with E-state index >= 15 is 0 Å². The van der Waals surface area contributed by atoms with E-state index in [-0.39, 0.29) is 17.8 Å². The van der Waals surface area contributed by atoms with Crippen LogP contribution in [-0.4, -0.2) is 24.4 Å². The Balaban J connectivity index is 1.83. The van der Waals surface area contributed by atoms with E-state index in [9.17, 15) is 9.18 Å². The van der Waals surface area contributed by atoms with E-state index in [2.05, 4.69) is 18.3 Å². The van der Waals surface area contributed by atoms with Gasteiger partial charge in [-0.1, -0.05) is 18.2 Å². The van der Waals surface area contributed by atoms with Gasteiger partial charge in [-0.2, -0.15) is 0 Å². The number of aryl methyl sites for hydroxylation is 1. The first kappa shape index (κ1) is 16.6. The smallest absolute Gasteiger partial charge is 0.234 e. The lowest BCUT2D eigenvalue weighted by Crippen LogP contribution is -2.35. The van der Waals surface area contributed by atoms with Gasteiger partial charge in [0.15, 0.2) is 0 Å². The summed E-state index contributed by atoms with van der Waals surface area (Å²) in [6.07, 6.45) is 0. The number of carbonyl (C=O) groups is 1. The van der Waals surface area contributed by atoms with Crippen LogP contribution in [0, 0.1) is 12.7 Å². The molecular weight excluding hydrogens is 299 g/mol. The molecular formula is C17H21FN2OS. The van der Waals surface area contributed by atoms with E-state index in [1.165, 1.54) is 10.9 Å². The van der Waals surface area contributed by atoms with Gasteiger partial charge in [0, 0.05) is 17.5 Å². The summed E-state index contributed by atoms with van der Waals surface area (Å²) in [5.74, 6) is -0.304. The molecule has 1 aromatic heterocycles. The van der Waals surface area contributed by atoms with Crippen molar-refractivity contribution in [1.29, 1.82) is 0 Å². The Morgan fingerprint density at radius 1 is 1.41 bits per heavy atom. The molecule has 0 saturated heterocycles. The SMILES string of the molecule is Cc1ccc(CNC(=O)CN(C)C(C)c2cccs2)cc1F. The summed E-state index contributed by atoms with van der Waals surface area (Å²) in [5.41, 5.74) is 1.38. The van der Waals surface area contributed by atoms with Crippen LogP contribution in [0.4, 0.5) is 4.39 Å². The number of hydrogen-bond acceptors (Lipinski definition) is 3. The Kier molecular flexibility index (Phi) is 5.69. The Labute approximate surface area is 134 Å². The number of benzene rings is 1. The average Bonchev–Trinajstić information content (AvgIpc) is 3.02. The van der Waals surface area contributed by atoms with Crippen LogP contribution in [0.5, 0.6) is 0 Å². The Morgan fingerprint density at radius 2 is 2.18 bits per heavy atom. The highest BCUT2D eigenvalue weighted by molar-refractivity contribution is 7.10. The van der Waals surface area contributed by atoms with Crippen LogP contribution in [0.2, 0.25) is 0 Å². The zero-order valence-corrected chi connectivity index (χ0v) is 13.9. The van der Waals surface area contributed by atoms with Crippen molar-refractivity contribution in [3.63, 3.8) is 0 Å². The summed E-state index contributed by atoms with van der Waals surface area (Å²) >= 11 is 1.68. The van der Waals surface area contributed by atoms with Crippen LogP contribution in [0.25, 0.3) is 0 Å². The third kappa shape index (κ3) is 4.39. The fraction of sp³-hybridized carbons (Fsp3) is 0.353. The lowest BCUT2D eigenvalue weighted by atomic mass is 10.1. The topological polar surface area (TPSA) is 32.3 Å². The predicted molar refractivity (Wildman–Crippen MR) is 88.3 cm³/mol. The molecule has 1 unspecified atom stereocenters. The summed E-state index contributed by atoms with van der Waals surface area (Å²) in [4.78, 5) is 15.2. The minimum Gasteiger partial charge on any atom is -0.351 e. The second-order valence-electron chi connectivity index (χ2n) is 5.47. The molecule has 0 aliphatic rings. The van der Waals surface area contributed by atoms with Gasteiger partial charge < -0.3 is 5.32 Å². The largest absolute Gasteiger partial charge is 0.351 e. The van der Waals surface area contributed by atoms with Gasteiger partial charge in [-0.15, -0.1) is 11.3 Å². The lowest BCUT2D eigenvalue weighted by molar-refractivity contribution is -0.122. The van der Waals surface area contributed by atoms with E-state index in [1.807, 2.05) is 29.5 Å². The van der Waals surface area contributed by atoms with E-state index < -0.39 is 0 Å². The summed E-state index contributed by atoms with van der Waals surface area (Å²) in [6.45, 7) is 4.46. The molecule has 2 rings (SSSR count). The van der Waals surface area contributed by atoms with E-state index in [0.717, 1.165) is 5.56 Å². The van der Waals surface area contributed by atoms with Gasteiger partial charge in [0.25, 0.3) is 0 Å². The van der Waals surface area contributed by atoms with Gasteiger partial charge in [-0.25, -0.2) is 4.39 Å². The summed E-state index contributed by atoms with van der Waals surface area (Å²) in [6, 6.07) is 9.30. The number of nitrogens with zero attached hydrogens (tertiary/aromatic N) is 1. The van der Waals surface area contributed by atoms with Crippen LogP contribution in [-0.2, 0) is 11.3 Å². The molecule has 1 amide bonds. The standard InChI is InChI=1S/C17H21FN2OS/c1-12-6-7-14(9-15(12)18)10-19-17(21)11-20(3)13(2)16-5-4-8-22-16/h4-9,13H,10-11H2,1-3H3,(H,19,21). The zero-order valence-electron chi connectivity index (χ0n) is 13.1. The molecule has 0 radical (unpaired) electrons. The first-order valence-electron chi connectivity index (χ1n) is 7.22. The maximum atomic E-state index is 13.5. The zero-order chi connectivity index (χ0) is 16.1. The number of thiophene rings is 1. The maximum absolute atomic E-state index is 13.5. The first-order valence-corrected chi connectivity index (χ1v) is 8.10. The highest BCUT2D eigenvalue weighted by Gasteiger charge is 2.15. The molecule has 0 aliphatic heterocycles. The molecule has 1 heterocycles. The number of nitrogens with one attached hydrogen (secondary N) is 1. The number of likely N-dealkylation sites (N-methyl/N-ethyl adjacent to an activating group) is 1. The van der Waals surface area contributed by atoms with Crippen molar-refractivity contribution in [2.24, 2.45) is 0 Å².